The van der Waals surface area contributed by atoms with Gasteiger partial charge in [0, 0.05) is 0 Å². The van der Waals surface area contributed by atoms with Crippen molar-refractivity contribution < 1.29 is 19.0 Å². The minimum Gasteiger partial charge on any atom is -0.494 e. The van der Waals surface area contributed by atoms with Crippen molar-refractivity contribution in [3.63, 3.8) is 0 Å². The number of hydrogen-bond acceptors (Lipinski definition) is 4. The van der Waals surface area contributed by atoms with Gasteiger partial charge in [0.15, 0.2) is 0 Å². The van der Waals surface area contributed by atoms with Gasteiger partial charge >= 0.3 is 5.97 Å². The molecular weight excluding hydrogens is 412 g/mol. The maximum absolute atomic E-state index is 12.4. The van der Waals surface area contributed by atoms with Gasteiger partial charge in [-0.2, -0.15) is 0 Å². The van der Waals surface area contributed by atoms with Crippen molar-refractivity contribution in [1.29, 1.82) is 0 Å². The monoisotopic (exact) mass is 454 g/mol. The van der Waals surface area contributed by atoms with Crippen LogP contribution in [0.5, 0.6) is 17.2 Å². The van der Waals surface area contributed by atoms with Gasteiger partial charge in [-0.15, -0.1) is 0 Å². The van der Waals surface area contributed by atoms with Crippen LogP contribution < -0.4 is 14.2 Å². The Balaban J connectivity index is 1.65. The summed E-state index contributed by atoms with van der Waals surface area (Å²) in [6.45, 7) is 8.08. The second-order valence-corrected chi connectivity index (χ2v) is 9.09. The Hall–Kier alpha value is -2.49. The Morgan fingerprint density at radius 2 is 1.15 bits per heavy atom. The van der Waals surface area contributed by atoms with E-state index in [9.17, 15) is 4.79 Å². The van der Waals surface area contributed by atoms with E-state index in [1.807, 2.05) is 24.3 Å². The lowest BCUT2D eigenvalue weighted by Crippen LogP contribution is -2.08. The number of unbranched alkanes of at least 4 members (excludes halogenated alkanes) is 7. The van der Waals surface area contributed by atoms with Crippen LogP contribution in [0.25, 0.3) is 0 Å². The molecule has 0 bridgehead atoms. The van der Waals surface area contributed by atoms with Crippen LogP contribution in [0.1, 0.15) is 95.3 Å². The number of carbonyl (C=O) groups is 1. The third-order valence-electron chi connectivity index (χ3n) is 5.59. The lowest BCUT2D eigenvalue weighted by atomic mass is 10.1. The van der Waals surface area contributed by atoms with Crippen LogP contribution in [0, 0.1) is 5.92 Å². The van der Waals surface area contributed by atoms with Gasteiger partial charge in [-0.3, -0.25) is 0 Å². The van der Waals surface area contributed by atoms with Crippen LogP contribution in [0.4, 0.5) is 0 Å². The number of hydrogen-bond donors (Lipinski definition) is 0. The predicted octanol–water partition coefficient (Wildman–Crippen LogP) is 8.24. The van der Waals surface area contributed by atoms with E-state index < -0.39 is 0 Å². The van der Waals surface area contributed by atoms with Crippen molar-refractivity contribution in [2.45, 2.75) is 85.0 Å². The molecule has 0 amide bonds. The van der Waals surface area contributed by atoms with Crippen molar-refractivity contribution in [3.05, 3.63) is 54.1 Å². The maximum atomic E-state index is 12.4. The molecule has 0 aliphatic carbocycles. The largest absolute Gasteiger partial charge is 0.494 e. The third kappa shape index (κ3) is 11.8. The minimum absolute atomic E-state index is 0.379. The Morgan fingerprint density at radius 1 is 0.667 bits per heavy atom. The first-order valence-corrected chi connectivity index (χ1v) is 12.8. The number of esters is 1. The summed E-state index contributed by atoms with van der Waals surface area (Å²) in [4.78, 5) is 12.4. The lowest BCUT2D eigenvalue weighted by molar-refractivity contribution is 0.0734. The molecule has 33 heavy (non-hydrogen) atoms. The van der Waals surface area contributed by atoms with Crippen molar-refractivity contribution in [2.75, 3.05) is 13.2 Å². The average Bonchev–Trinajstić information content (AvgIpc) is 2.82. The number of carbonyl (C=O) groups excluding carboxylic acids is 1. The summed E-state index contributed by atoms with van der Waals surface area (Å²) in [5.41, 5.74) is 0.503. The van der Waals surface area contributed by atoms with Crippen LogP contribution in [0.15, 0.2) is 48.5 Å². The molecule has 0 saturated heterocycles. The van der Waals surface area contributed by atoms with E-state index in [-0.39, 0.29) is 5.97 Å². The molecule has 0 heterocycles. The van der Waals surface area contributed by atoms with Gasteiger partial charge in [0.25, 0.3) is 0 Å². The van der Waals surface area contributed by atoms with E-state index in [2.05, 4.69) is 20.8 Å². The molecule has 0 aliphatic rings. The number of benzene rings is 2. The van der Waals surface area contributed by atoms with Crippen molar-refractivity contribution >= 4 is 5.97 Å². The quantitative estimate of drug-likeness (QED) is 0.137. The summed E-state index contributed by atoms with van der Waals surface area (Å²) >= 11 is 0. The SMILES string of the molecule is CCCCCCCCCCOc1ccc(C(=O)Oc2ccc(OCCCC(C)C)cc2)cc1. The summed E-state index contributed by atoms with van der Waals surface area (Å²) in [6, 6.07) is 14.3. The van der Waals surface area contributed by atoms with Crippen LogP contribution >= 0.6 is 0 Å². The van der Waals surface area contributed by atoms with Crippen LogP contribution in [-0.2, 0) is 0 Å². The molecule has 2 rings (SSSR count). The molecule has 0 spiro atoms. The molecule has 0 aliphatic heterocycles. The molecule has 0 unspecified atom stereocenters. The van der Waals surface area contributed by atoms with Crippen LogP contribution in [0.3, 0.4) is 0 Å². The first kappa shape index (κ1) is 26.8. The zero-order valence-corrected chi connectivity index (χ0v) is 20.8. The molecule has 0 atom stereocenters. The van der Waals surface area contributed by atoms with Gasteiger partial charge in [0.2, 0.25) is 0 Å². The molecular formula is C29H42O4. The van der Waals surface area contributed by atoms with E-state index in [0.29, 0.717) is 30.4 Å². The molecule has 0 radical (unpaired) electrons. The molecule has 0 N–H and O–H groups in total. The second-order valence-electron chi connectivity index (χ2n) is 9.09. The fraction of sp³-hybridized carbons (Fsp3) is 0.552. The Bertz CT molecular complexity index is 765. The molecule has 182 valence electrons. The van der Waals surface area contributed by atoms with Gasteiger partial charge in [-0.25, -0.2) is 4.79 Å². The molecule has 2 aromatic carbocycles. The standard InChI is InChI=1S/C29H42O4/c1-4-5-6-7-8-9-10-11-22-31-26-16-14-25(15-17-26)29(30)33-28-20-18-27(19-21-28)32-23-12-13-24(2)3/h14-21,24H,4-13,22-23H2,1-3H3. The maximum Gasteiger partial charge on any atom is 0.343 e. The van der Waals surface area contributed by atoms with E-state index in [0.717, 1.165) is 30.8 Å². The first-order chi connectivity index (χ1) is 16.1. The summed E-state index contributed by atoms with van der Waals surface area (Å²) < 4.78 is 17.0. The highest BCUT2D eigenvalue weighted by molar-refractivity contribution is 5.91. The Kier molecular flexibility index (Phi) is 13.1. The summed E-state index contributed by atoms with van der Waals surface area (Å²) in [6.07, 6.45) is 12.4. The van der Waals surface area contributed by atoms with E-state index in [1.165, 1.54) is 44.9 Å². The van der Waals surface area contributed by atoms with Crippen molar-refractivity contribution in [3.8, 4) is 17.2 Å². The molecule has 4 heteroatoms. The smallest absolute Gasteiger partial charge is 0.343 e. The van der Waals surface area contributed by atoms with Gasteiger partial charge in [-0.05, 0) is 73.7 Å². The Labute approximate surface area is 200 Å². The van der Waals surface area contributed by atoms with Gasteiger partial charge in [0.05, 0.1) is 18.8 Å². The predicted molar refractivity (Wildman–Crippen MR) is 136 cm³/mol. The highest BCUT2D eigenvalue weighted by atomic mass is 16.5. The highest BCUT2D eigenvalue weighted by Gasteiger charge is 2.09. The second kappa shape index (κ2) is 16.2. The molecule has 0 aromatic heterocycles. The fourth-order valence-corrected chi connectivity index (χ4v) is 3.56. The van der Waals surface area contributed by atoms with Crippen LogP contribution in [-0.4, -0.2) is 19.2 Å². The van der Waals surface area contributed by atoms with Gasteiger partial charge < -0.3 is 14.2 Å². The third-order valence-corrected chi connectivity index (χ3v) is 5.59. The summed E-state index contributed by atoms with van der Waals surface area (Å²) in [7, 11) is 0. The fourth-order valence-electron chi connectivity index (χ4n) is 3.56. The van der Waals surface area contributed by atoms with Crippen LogP contribution in [0.2, 0.25) is 0 Å². The minimum atomic E-state index is -0.379. The van der Waals surface area contributed by atoms with Crippen molar-refractivity contribution in [2.24, 2.45) is 5.92 Å². The van der Waals surface area contributed by atoms with E-state index in [1.54, 1.807) is 24.3 Å². The average molecular weight is 455 g/mol. The normalized spacial score (nSPS) is 10.9. The summed E-state index contributed by atoms with van der Waals surface area (Å²) in [5, 5.41) is 0. The molecule has 0 saturated carbocycles. The first-order valence-electron chi connectivity index (χ1n) is 12.8. The zero-order valence-electron chi connectivity index (χ0n) is 20.8. The summed E-state index contributed by atoms with van der Waals surface area (Å²) in [5.74, 6) is 2.38. The number of rotatable bonds is 17. The van der Waals surface area contributed by atoms with E-state index in [4.69, 9.17) is 14.2 Å². The van der Waals surface area contributed by atoms with Gasteiger partial charge in [-0.1, -0.05) is 65.7 Å². The Morgan fingerprint density at radius 3 is 1.73 bits per heavy atom. The zero-order chi connectivity index (χ0) is 23.7. The highest BCUT2D eigenvalue weighted by Crippen LogP contribution is 2.20. The van der Waals surface area contributed by atoms with Crippen molar-refractivity contribution in [1.82, 2.24) is 0 Å². The lowest BCUT2D eigenvalue weighted by Gasteiger charge is -2.09. The topological polar surface area (TPSA) is 44.8 Å². The van der Waals surface area contributed by atoms with E-state index >= 15 is 0 Å². The molecule has 2 aromatic rings. The number of ether oxygens (including phenoxy) is 3. The molecule has 4 nitrogen and oxygen atoms in total. The molecule has 0 fully saturated rings. The van der Waals surface area contributed by atoms with Gasteiger partial charge in [0.1, 0.15) is 17.2 Å².